The summed E-state index contributed by atoms with van der Waals surface area (Å²) in [5, 5.41) is 4.37. The van der Waals surface area contributed by atoms with E-state index in [1.165, 1.54) is 11.3 Å². The molecule has 4 aromatic carbocycles. The SMILES string of the molecule is O=C(N[C@@H](Oc1ccc(/C=c2\sc3nc4ccccc4n3c2=O)cc1)C(Cl)(Cl)Cl)c1cccc2ccccc12. The Morgan fingerprint density at radius 3 is 2.46 bits per heavy atom. The molecule has 0 spiro atoms. The van der Waals surface area contributed by atoms with Crippen LogP contribution in [0, 0.1) is 0 Å². The van der Waals surface area contributed by atoms with Crippen molar-refractivity contribution in [1.82, 2.24) is 14.7 Å². The summed E-state index contributed by atoms with van der Waals surface area (Å²) in [5.74, 6) is -0.0673. The molecule has 1 amide bonds. The number of carbonyl (C=O) groups is 1. The zero-order chi connectivity index (χ0) is 27.1. The highest BCUT2D eigenvalue weighted by Crippen LogP contribution is 2.32. The van der Waals surface area contributed by atoms with Crippen LogP contribution in [0.25, 0.3) is 32.8 Å². The van der Waals surface area contributed by atoms with Gasteiger partial charge in [0.25, 0.3) is 11.5 Å². The van der Waals surface area contributed by atoms with Crippen molar-refractivity contribution in [2.75, 3.05) is 0 Å². The summed E-state index contributed by atoms with van der Waals surface area (Å²) < 4.78 is 6.11. The zero-order valence-corrected chi connectivity index (χ0v) is 23.1. The smallest absolute Gasteiger partial charge is 0.274 e. The van der Waals surface area contributed by atoms with E-state index < -0.39 is 15.9 Å². The summed E-state index contributed by atoms with van der Waals surface area (Å²) >= 11 is 19.8. The van der Waals surface area contributed by atoms with Crippen LogP contribution in [0.5, 0.6) is 5.75 Å². The van der Waals surface area contributed by atoms with Gasteiger partial charge in [-0.15, -0.1) is 0 Å². The largest absolute Gasteiger partial charge is 0.466 e. The second kappa shape index (κ2) is 10.2. The van der Waals surface area contributed by atoms with Crippen molar-refractivity contribution in [3.63, 3.8) is 0 Å². The van der Waals surface area contributed by atoms with Gasteiger partial charge in [-0.05, 0) is 52.7 Å². The molecular weight excluding hydrogens is 577 g/mol. The van der Waals surface area contributed by atoms with E-state index in [9.17, 15) is 9.59 Å². The van der Waals surface area contributed by atoms with Crippen LogP contribution in [0.4, 0.5) is 0 Å². The minimum atomic E-state index is -1.95. The monoisotopic (exact) mass is 593 g/mol. The molecule has 1 atom stereocenters. The summed E-state index contributed by atoms with van der Waals surface area (Å²) in [6.07, 6.45) is 0.519. The number of ether oxygens (including phenoxy) is 1. The van der Waals surface area contributed by atoms with Crippen molar-refractivity contribution in [2.24, 2.45) is 0 Å². The van der Waals surface area contributed by atoms with Crippen molar-refractivity contribution < 1.29 is 9.53 Å². The third-order valence-corrected chi connectivity index (χ3v) is 7.73. The summed E-state index contributed by atoms with van der Waals surface area (Å²) in [6, 6.07) is 27.4. The van der Waals surface area contributed by atoms with Crippen LogP contribution in [0.15, 0.2) is 95.8 Å². The Balaban J connectivity index is 1.24. The lowest BCUT2D eigenvalue weighted by Gasteiger charge is -2.26. The lowest BCUT2D eigenvalue weighted by Crippen LogP contribution is -2.47. The average Bonchev–Trinajstić information content (AvgIpc) is 3.44. The Morgan fingerprint density at radius 2 is 1.67 bits per heavy atom. The highest BCUT2D eigenvalue weighted by atomic mass is 35.6. The van der Waals surface area contributed by atoms with Gasteiger partial charge in [-0.25, -0.2) is 9.38 Å². The van der Waals surface area contributed by atoms with Crippen LogP contribution in [0.1, 0.15) is 15.9 Å². The number of amides is 1. The van der Waals surface area contributed by atoms with Crippen LogP contribution in [0.2, 0.25) is 0 Å². The Hall–Kier alpha value is -3.62. The van der Waals surface area contributed by atoms with E-state index in [0.717, 1.165) is 27.4 Å². The second-order valence-electron chi connectivity index (χ2n) is 8.74. The number of carbonyl (C=O) groups excluding carboxylic acids is 1. The van der Waals surface area contributed by atoms with Crippen LogP contribution in [-0.4, -0.2) is 25.3 Å². The number of imidazole rings is 1. The van der Waals surface area contributed by atoms with Gasteiger partial charge < -0.3 is 10.1 Å². The van der Waals surface area contributed by atoms with Crippen molar-refractivity contribution in [2.45, 2.75) is 10.0 Å². The highest BCUT2D eigenvalue weighted by molar-refractivity contribution is 7.15. The van der Waals surface area contributed by atoms with Crippen LogP contribution < -0.4 is 20.1 Å². The number of hydrogen-bond acceptors (Lipinski definition) is 5. The number of para-hydroxylation sites is 2. The molecule has 1 N–H and O–H groups in total. The predicted octanol–water partition coefficient (Wildman–Crippen LogP) is 6.12. The first kappa shape index (κ1) is 25.6. The van der Waals surface area contributed by atoms with E-state index >= 15 is 0 Å². The van der Waals surface area contributed by atoms with E-state index in [-0.39, 0.29) is 5.56 Å². The maximum atomic E-state index is 13.1. The minimum Gasteiger partial charge on any atom is -0.466 e. The number of nitrogens with one attached hydrogen (secondary N) is 1. The molecule has 6 aromatic rings. The number of thiazole rings is 1. The topological polar surface area (TPSA) is 72.7 Å². The third kappa shape index (κ3) is 5.06. The molecule has 0 fully saturated rings. The second-order valence-corrected chi connectivity index (χ2v) is 12.1. The van der Waals surface area contributed by atoms with E-state index in [4.69, 9.17) is 39.5 Å². The quantitative estimate of drug-likeness (QED) is 0.193. The summed E-state index contributed by atoms with van der Waals surface area (Å²) in [5.41, 5.74) is 2.64. The maximum absolute atomic E-state index is 13.1. The molecule has 39 heavy (non-hydrogen) atoms. The van der Waals surface area contributed by atoms with Crippen molar-refractivity contribution in [1.29, 1.82) is 0 Å². The van der Waals surface area contributed by atoms with Gasteiger partial charge in [-0.3, -0.25) is 9.59 Å². The molecule has 6 nitrogen and oxygen atoms in total. The van der Waals surface area contributed by atoms with E-state index in [2.05, 4.69) is 10.3 Å². The van der Waals surface area contributed by atoms with Crippen molar-refractivity contribution in [3.05, 3.63) is 117 Å². The summed E-state index contributed by atoms with van der Waals surface area (Å²) in [7, 11) is 0. The zero-order valence-electron chi connectivity index (χ0n) is 20.0. The fourth-order valence-electron chi connectivity index (χ4n) is 4.34. The predicted molar refractivity (Wildman–Crippen MR) is 158 cm³/mol. The van der Waals surface area contributed by atoms with Crippen molar-refractivity contribution in [3.8, 4) is 5.75 Å². The van der Waals surface area contributed by atoms with Crippen molar-refractivity contribution >= 4 is 84.9 Å². The minimum absolute atomic E-state index is 0.128. The van der Waals surface area contributed by atoms with Gasteiger partial charge in [-0.2, -0.15) is 0 Å². The number of rotatable bonds is 5. The van der Waals surface area contributed by atoms with E-state index in [1.54, 1.807) is 46.9 Å². The maximum Gasteiger partial charge on any atom is 0.274 e. The summed E-state index contributed by atoms with van der Waals surface area (Å²) in [4.78, 5) is 31.3. The molecule has 194 valence electrons. The first-order valence-electron chi connectivity index (χ1n) is 11.8. The number of halogens is 3. The Labute approximate surface area is 241 Å². The van der Waals surface area contributed by atoms with Crippen LogP contribution in [0.3, 0.4) is 0 Å². The third-order valence-electron chi connectivity index (χ3n) is 6.17. The first-order valence-corrected chi connectivity index (χ1v) is 13.8. The molecule has 0 radical (unpaired) electrons. The van der Waals surface area contributed by atoms with Gasteiger partial charge in [-0.1, -0.05) is 107 Å². The van der Waals surface area contributed by atoms with E-state index in [0.29, 0.717) is 20.8 Å². The Kier molecular flexibility index (Phi) is 6.69. The number of hydrogen-bond donors (Lipinski definition) is 1. The molecule has 0 saturated heterocycles. The number of nitrogens with zero attached hydrogens (tertiary/aromatic N) is 2. The number of aromatic nitrogens is 2. The number of fused-ring (bicyclic) bond motifs is 4. The van der Waals surface area contributed by atoms with Gasteiger partial charge >= 0.3 is 0 Å². The number of benzene rings is 4. The fraction of sp³-hybridized carbons (Fsp3) is 0.0690. The molecule has 0 saturated carbocycles. The van der Waals surface area contributed by atoms with Gasteiger partial charge in [0.1, 0.15) is 5.75 Å². The molecule has 10 heteroatoms. The lowest BCUT2D eigenvalue weighted by molar-refractivity contribution is 0.0834. The average molecular weight is 595 g/mol. The molecule has 0 aliphatic carbocycles. The molecule has 2 aromatic heterocycles. The molecule has 0 bridgehead atoms. The Morgan fingerprint density at radius 1 is 0.949 bits per heavy atom. The molecule has 0 unspecified atom stereocenters. The molecule has 0 aliphatic rings. The van der Waals surface area contributed by atoms with Gasteiger partial charge in [0.2, 0.25) is 10.0 Å². The van der Waals surface area contributed by atoms with Gasteiger partial charge in [0, 0.05) is 5.56 Å². The fourth-order valence-corrected chi connectivity index (χ4v) is 5.62. The first-order chi connectivity index (χ1) is 18.8. The van der Waals surface area contributed by atoms with Gasteiger partial charge in [0.05, 0.1) is 15.6 Å². The van der Waals surface area contributed by atoms with Crippen LogP contribution in [-0.2, 0) is 0 Å². The number of alkyl halides is 3. The van der Waals surface area contributed by atoms with Crippen LogP contribution >= 0.6 is 46.1 Å². The highest BCUT2D eigenvalue weighted by Gasteiger charge is 2.36. The normalized spacial score (nSPS) is 13.3. The van der Waals surface area contributed by atoms with Gasteiger partial charge in [0.15, 0.2) is 4.96 Å². The lowest BCUT2D eigenvalue weighted by atomic mass is 10.0. The standard InChI is InChI=1S/C29H18Cl3N3O3S/c30-29(31,32)27(34-25(36)21-9-5-7-18-6-1-2-8-20(18)21)38-19-14-12-17(13-15-19)16-24-26(37)35-23-11-4-3-10-22(23)33-28(35)39-24/h1-16,27H,(H,34,36)/b24-16-/t27-/m0/s1. The van der Waals surface area contributed by atoms with E-state index in [1.807, 2.05) is 54.6 Å². The molecule has 2 heterocycles. The Bertz CT molecular complexity index is 1960. The molecule has 6 rings (SSSR count). The summed E-state index contributed by atoms with van der Waals surface area (Å²) in [6.45, 7) is 0. The molecular formula is C29H18Cl3N3O3S. The molecule has 0 aliphatic heterocycles.